The van der Waals surface area contributed by atoms with E-state index in [4.69, 9.17) is 38.6 Å². The van der Waals surface area contributed by atoms with Gasteiger partial charge in [0.15, 0.2) is 0 Å². The highest BCUT2D eigenvalue weighted by Crippen LogP contribution is 2.37. The first-order chi connectivity index (χ1) is 33.8. The second-order valence-electron chi connectivity index (χ2n) is 16.9. The summed E-state index contributed by atoms with van der Waals surface area (Å²) in [4.78, 5) is 22.1. The van der Waals surface area contributed by atoms with Gasteiger partial charge in [0.05, 0.1) is 39.3 Å². The number of hydrogen-bond donors (Lipinski definition) is 2. The molecular formula is C59H70F2O10. The van der Waals surface area contributed by atoms with E-state index in [1.54, 1.807) is 24.3 Å². The average molecular weight is 977 g/mol. The van der Waals surface area contributed by atoms with Gasteiger partial charge in [0.1, 0.15) is 59.3 Å². The van der Waals surface area contributed by atoms with E-state index in [0.29, 0.717) is 96.4 Å². The van der Waals surface area contributed by atoms with E-state index < -0.39 is 11.9 Å². The lowest BCUT2D eigenvalue weighted by Crippen LogP contribution is -2.04. The van der Waals surface area contributed by atoms with Gasteiger partial charge in [-0.25, -0.2) is 8.78 Å². The zero-order valence-electron chi connectivity index (χ0n) is 41.1. The molecule has 0 spiro atoms. The Balaban J connectivity index is 0.000000304. The van der Waals surface area contributed by atoms with Crippen LogP contribution in [0.1, 0.15) is 122 Å². The summed E-state index contributed by atoms with van der Waals surface area (Å²) in [5.74, 6) is 1.14. The van der Waals surface area contributed by atoms with Crippen molar-refractivity contribution < 1.29 is 57.0 Å². The lowest BCUT2D eigenvalue weighted by Gasteiger charge is -2.16. The average Bonchev–Trinajstić information content (AvgIpc) is 3.34. The van der Waals surface area contributed by atoms with Crippen LogP contribution in [0.5, 0.6) is 34.5 Å². The number of benzene rings is 6. The molecule has 380 valence electrons. The van der Waals surface area contributed by atoms with Crippen LogP contribution < -0.4 is 28.4 Å². The van der Waals surface area contributed by atoms with Crippen molar-refractivity contribution in [2.45, 2.75) is 113 Å². The predicted octanol–water partition coefficient (Wildman–Crippen LogP) is 15.1. The molecule has 6 aromatic carbocycles. The van der Waals surface area contributed by atoms with Gasteiger partial charge in [0, 0.05) is 22.3 Å². The SMILES string of the molecule is C.CCCCOc1cc(COc2cccc([C@@H](C)CC(=O)O)c2)ccc1-c1cc(OCC)ccc1F.CCCCOc1cc(COc2cccc([C@H](C)CC(=O)O)c2)ccc1-c1cc(OCC)ccc1F. The number of ether oxygens (including phenoxy) is 6. The molecule has 0 aromatic heterocycles. The molecule has 0 radical (unpaired) electrons. The lowest BCUT2D eigenvalue weighted by molar-refractivity contribution is -0.138. The fourth-order valence-corrected chi connectivity index (χ4v) is 7.50. The molecule has 0 fully saturated rings. The van der Waals surface area contributed by atoms with E-state index in [-0.39, 0.29) is 43.7 Å². The zero-order chi connectivity index (χ0) is 50.4. The summed E-state index contributed by atoms with van der Waals surface area (Å²) >= 11 is 0. The van der Waals surface area contributed by atoms with Gasteiger partial charge in [-0.1, -0.05) is 96.5 Å². The van der Waals surface area contributed by atoms with Gasteiger partial charge >= 0.3 is 11.9 Å². The van der Waals surface area contributed by atoms with Crippen molar-refractivity contribution in [3.05, 3.63) is 155 Å². The molecule has 6 aromatic rings. The standard InChI is InChI=1S/2C29H33FO5.CH4/c2*1-4-6-14-34-28-16-21(10-12-25(28)26-18-24(33-5-2)11-13-27(26)30)19-35-23-9-7-8-22(17-23)20(3)15-29(31)32;/h2*7-13,16-18,20H,4-6,14-15,19H2,1-3H3,(H,31,32);1H4/t2*20-;/m10./s1. The van der Waals surface area contributed by atoms with Crippen molar-refractivity contribution in [2.75, 3.05) is 26.4 Å². The highest BCUT2D eigenvalue weighted by Gasteiger charge is 2.17. The molecule has 0 amide bonds. The van der Waals surface area contributed by atoms with Crippen LogP contribution in [-0.2, 0) is 22.8 Å². The molecule has 2 atom stereocenters. The Hall–Kier alpha value is -7.08. The Morgan fingerprint density at radius 3 is 1.24 bits per heavy atom. The Kier molecular flexibility index (Phi) is 23.2. The van der Waals surface area contributed by atoms with Crippen molar-refractivity contribution in [1.82, 2.24) is 0 Å². The fourth-order valence-electron chi connectivity index (χ4n) is 7.50. The number of carbonyl (C=O) groups is 2. The molecule has 0 saturated heterocycles. The van der Waals surface area contributed by atoms with Gasteiger partial charge in [0.2, 0.25) is 0 Å². The van der Waals surface area contributed by atoms with Crippen LogP contribution >= 0.6 is 0 Å². The minimum atomic E-state index is -0.831. The van der Waals surface area contributed by atoms with Crippen LogP contribution in [0.25, 0.3) is 22.3 Å². The molecule has 0 heterocycles. The summed E-state index contributed by atoms with van der Waals surface area (Å²) in [5.41, 5.74) is 5.75. The minimum Gasteiger partial charge on any atom is -0.494 e. The predicted molar refractivity (Wildman–Crippen MR) is 276 cm³/mol. The van der Waals surface area contributed by atoms with Gasteiger partial charge in [-0.3, -0.25) is 9.59 Å². The largest absolute Gasteiger partial charge is 0.494 e. The number of aliphatic carboxylic acids is 2. The van der Waals surface area contributed by atoms with Crippen LogP contribution in [0.15, 0.2) is 121 Å². The van der Waals surface area contributed by atoms with E-state index in [2.05, 4.69) is 13.8 Å². The maximum Gasteiger partial charge on any atom is 0.303 e. The van der Waals surface area contributed by atoms with Crippen LogP contribution in [-0.4, -0.2) is 48.6 Å². The Morgan fingerprint density at radius 2 is 0.873 bits per heavy atom. The van der Waals surface area contributed by atoms with Crippen LogP contribution in [0.2, 0.25) is 0 Å². The van der Waals surface area contributed by atoms with Crippen molar-refractivity contribution in [2.24, 2.45) is 0 Å². The first-order valence-corrected chi connectivity index (χ1v) is 24.1. The van der Waals surface area contributed by atoms with E-state index in [9.17, 15) is 18.4 Å². The van der Waals surface area contributed by atoms with Crippen LogP contribution in [0.4, 0.5) is 8.78 Å². The number of carboxylic acids is 2. The topological polar surface area (TPSA) is 130 Å². The van der Waals surface area contributed by atoms with E-state index in [1.165, 1.54) is 12.1 Å². The number of rotatable bonds is 26. The van der Waals surface area contributed by atoms with E-state index >= 15 is 0 Å². The first-order valence-electron chi connectivity index (χ1n) is 24.1. The highest BCUT2D eigenvalue weighted by atomic mass is 19.1. The number of unbranched alkanes of at least 4 members (excludes halogenated alkanes) is 2. The van der Waals surface area contributed by atoms with Gasteiger partial charge < -0.3 is 38.6 Å². The second-order valence-corrected chi connectivity index (χ2v) is 16.9. The van der Waals surface area contributed by atoms with Crippen molar-refractivity contribution >= 4 is 11.9 Å². The molecule has 0 saturated carbocycles. The third kappa shape index (κ3) is 17.7. The third-order valence-electron chi connectivity index (χ3n) is 11.3. The fraction of sp³-hybridized carbons (Fsp3) is 0.356. The highest BCUT2D eigenvalue weighted by molar-refractivity contribution is 5.74. The summed E-state index contributed by atoms with van der Waals surface area (Å²) < 4.78 is 64.7. The molecule has 12 heteroatoms. The van der Waals surface area contributed by atoms with Gasteiger partial charge in [-0.05, 0) is 134 Å². The molecule has 0 bridgehead atoms. The molecule has 0 aliphatic carbocycles. The summed E-state index contributed by atoms with van der Waals surface area (Å²) in [6, 6.07) is 35.7. The first kappa shape index (κ1) is 56.5. The monoisotopic (exact) mass is 976 g/mol. The number of hydrogen-bond acceptors (Lipinski definition) is 8. The van der Waals surface area contributed by atoms with Gasteiger partial charge in [-0.15, -0.1) is 0 Å². The number of halogens is 2. The summed E-state index contributed by atoms with van der Waals surface area (Å²) in [6.07, 6.45) is 3.88. The Morgan fingerprint density at radius 1 is 0.479 bits per heavy atom. The molecule has 71 heavy (non-hydrogen) atoms. The summed E-state index contributed by atoms with van der Waals surface area (Å²) in [7, 11) is 0. The molecule has 2 N–H and O–H groups in total. The van der Waals surface area contributed by atoms with Gasteiger partial charge in [0.25, 0.3) is 0 Å². The van der Waals surface area contributed by atoms with Gasteiger partial charge in [-0.2, -0.15) is 0 Å². The van der Waals surface area contributed by atoms with Crippen molar-refractivity contribution in [1.29, 1.82) is 0 Å². The Bertz CT molecular complexity index is 2430. The molecule has 0 aliphatic rings. The number of carboxylic acid groups (broad SMARTS) is 2. The normalized spacial score (nSPS) is 11.5. The molecule has 10 nitrogen and oxygen atoms in total. The lowest BCUT2D eigenvalue weighted by atomic mass is 9.98. The molecular weight excluding hydrogens is 907 g/mol. The smallest absolute Gasteiger partial charge is 0.303 e. The van der Waals surface area contributed by atoms with E-state index in [0.717, 1.165) is 47.9 Å². The molecule has 6 rings (SSSR count). The maximum atomic E-state index is 14.7. The zero-order valence-corrected chi connectivity index (χ0v) is 41.1. The quantitative estimate of drug-likeness (QED) is 0.0507. The van der Waals surface area contributed by atoms with Crippen LogP contribution in [0, 0.1) is 11.6 Å². The second kappa shape index (κ2) is 29.2. The van der Waals surface area contributed by atoms with Crippen LogP contribution in [0.3, 0.4) is 0 Å². The van der Waals surface area contributed by atoms with E-state index in [1.807, 2.05) is 113 Å². The Labute approximate surface area is 418 Å². The van der Waals surface area contributed by atoms with Crippen molar-refractivity contribution in [3.8, 4) is 56.8 Å². The summed E-state index contributed by atoms with van der Waals surface area (Å²) in [6.45, 7) is 14.4. The third-order valence-corrected chi connectivity index (χ3v) is 11.3. The maximum absolute atomic E-state index is 14.7. The molecule has 0 unspecified atom stereocenters. The minimum absolute atomic E-state index is 0. The summed E-state index contributed by atoms with van der Waals surface area (Å²) in [5, 5.41) is 18.1. The molecule has 0 aliphatic heterocycles. The van der Waals surface area contributed by atoms with Crippen molar-refractivity contribution in [3.63, 3.8) is 0 Å².